The van der Waals surface area contributed by atoms with Crippen LogP contribution in [-0.2, 0) is 11.3 Å². The summed E-state index contributed by atoms with van der Waals surface area (Å²) in [5.41, 5.74) is 8.24. The van der Waals surface area contributed by atoms with Crippen molar-refractivity contribution in [2.45, 2.75) is 32.7 Å². The van der Waals surface area contributed by atoms with Crippen molar-refractivity contribution in [2.75, 3.05) is 39.5 Å². The number of rotatable bonds is 7. The maximum atomic E-state index is 13.7. The molecule has 174 valence electrons. The molecule has 1 saturated heterocycles. The number of hydrogen-bond donors (Lipinski definition) is 1. The summed E-state index contributed by atoms with van der Waals surface area (Å²) in [6.07, 6.45) is 0.844. The largest absolute Gasteiger partial charge is 0.494 e. The molecule has 1 fully saturated rings. The lowest BCUT2D eigenvalue weighted by Gasteiger charge is -2.28. The maximum absolute atomic E-state index is 13.7. The van der Waals surface area contributed by atoms with Crippen LogP contribution in [0.3, 0.4) is 0 Å². The van der Waals surface area contributed by atoms with Gasteiger partial charge in [-0.15, -0.1) is 0 Å². The lowest BCUT2D eigenvalue weighted by atomic mass is 9.84. The lowest BCUT2D eigenvalue weighted by molar-refractivity contribution is 0.0369. The van der Waals surface area contributed by atoms with Crippen LogP contribution < -0.4 is 20.8 Å². The average Bonchev–Trinajstić information content (AvgIpc) is 2.82. The van der Waals surface area contributed by atoms with Crippen molar-refractivity contribution in [1.29, 1.82) is 5.26 Å². The minimum Gasteiger partial charge on any atom is -0.494 e. The van der Waals surface area contributed by atoms with Gasteiger partial charge in [-0.05, 0) is 38.0 Å². The minimum atomic E-state index is -0.590. The zero-order valence-corrected chi connectivity index (χ0v) is 19.2. The van der Waals surface area contributed by atoms with Crippen molar-refractivity contribution in [3.63, 3.8) is 0 Å². The predicted molar refractivity (Wildman–Crippen MR) is 124 cm³/mol. The Hall–Kier alpha value is -3.28. The fourth-order valence-electron chi connectivity index (χ4n) is 4.50. The predicted octanol–water partition coefficient (Wildman–Crippen LogP) is 2.50. The van der Waals surface area contributed by atoms with Crippen LogP contribution in [0.1, 0.15) is 36.1 Å². The summed E-state index contributed by atoms with van der Waals surface area (Å²) in [6.45, 7) is 9.21. The molecule has 0 saturated carbocycles. The van der Waals surface area contributed by atoms with E-state index >= 15 is 0 Å². The first kappa shape index (κ1) is 22.9. The Kier molecular flexibility index (Phi) is 7.02. The molecule has 0 bridgehead atoms. The number of aromatic nitrogens is 1. The number of aryl methyl sites for hydroxylation is 1. The number of nitrogens with two attached hydrogens (primary N) is 1. The summed E-state index contributed by atoms with van der Waals surface area (Å²) < 4.78 is 18.5. The number of ether oxygens (including phenoxy) is 3. The topological polar surface area (TPSA) is 103 Å². The summed E-state index contributed by atoms with van der Waals surface area (Å²) in [7, 11) is 0. The van der Waals surface area contributed by atoms with Gasteiger partial charge in [-0.1, -0.05) is 12.1 Å². The van der Waals surface area contributed by atoms with Crippen molar-refractivity contribution in [3.05, 3.63) is 69.0 Å². The molecule has 4 rings (SSSR count). The van der Waals surface area contributed by atoms with Gasteiger partial charge in [0.2, 0.25) is 5.88 Å². The van der Waals surface area contributed by atoms with Crippen LogP contribution in [0.2, 0.25) is 0 Å². The van der Waals surface area contributed by atoms with E-state index in [9.17, 15) is 10.1 Å². The number of benzene rings is 1. The van der Waals surface area contributed by atoms with E-state index in [1.54, 1.807) is 4.57 Å². The molecule has 2 N–H and O–H groups in total. The van der Waals surface area contributed by atoms with Gasteiger partial charge < -0.3 is 24.5 Å². The first-order valence-electron chi connectivity index (χ1n) is 11.4. The number of fused-ring (bicyclic) bond motifs is 1. The normalized spacial score (nSPS) is 18.4. The van der Waals surface area contributed by atoms with Crippen LogP contribution in [-0.4, -0.2) is 48.9 Å². The Morgan fingerprint density at radius 1 is 1.21 bits per heavy atom. The summed E-state index contributed by atoms with van der Waals surface area (Å²) in [5, 5.41) is 9.84. The second-order valence-corrected chi connectivity index (χ2v) is 8.25. The fourth-order valence-corrected chi connectivity index (χ4v) is 4.50. The highest BCUT2D eigenvalue weighted by atomic mass is 16.5. The van der Waals surface area contributed by atoms with Crippen molar-refractivity contribution >= 4 is 0 Å². The molecule has 0 aliphatic carbocycles. The van der Waals surface area contributed by atoms with Gasteiger partial charge >= 0.3 is 0 Å². The van der Waals surface area contributed by atoms with Crippen LogP contribution in [0.4, 0.5) is 0 Å². The third kappa shape index (κ3) is 4.75. The molecule has 8 nitrogen and oxygen atoms in total. The molecule has 2 aliphatic heterocycles. The van der Waals surface area contributed by atoms with E-state index < -0.39 is 5.92 Å². The first-order chi connectivity index (χ1) is 16.0. The highest BCUT2D eigenvalue weighted by molar-refractivity contribution is 5.55. The monoisotopic (exact) mass is 450 g/mol. The smallest absolute Gasteiger partial charge is 0.258 e. The van der Waals surface area contributed by atoms with Crippen LogP contribution in [0.5, 0.6) is 11.5 Å². The Balaban J connectivity index is 1.68. The fraction of sp³-hybridized carbons (Fsp3) is 0.440. The molecule has 1 unspecified atom stereocenters. The Bertz CT molecular complexity index is 1120. The van der Waals surface area contributed by atoms with Gasteiger partial charge in [-0.3, -0.25) is 9.69 Å². The SMILES string of the molecule is CCOc1ccc(C2C(C#N)=C(N)Oc3cc(C)n(CCCN4CCOCC4)c(=O)c32)cc1. The number of hydrogen-bond acceptors (Lipinski definition) is 7. The van der Waals surface area contributed by atoms with Gasteiger partial charge in [-0.2, -0.15) is 5.26 Å². The van der Waals surface area contributed by atoms with Crippen molar-refractivity contribution < 1.29 is 14.2 Å². The van der Waals surface area contributed by atoms with Crippen LogP contribution in [0.15, 0.2) is 46.6 Å². The van der Waals surface area contributed by atoms with Crippen LogP contribution in [0, 0.1) is 18.3 Å². The van der Waals surface area contributed by atoms with E-state index in [1.165, 1.54) is 0 Å². The molecular formula is C25H30N4O4. The molecule has 0 radical (unpaired) electrons. The maximum Gasteiger partial charge on any atom is 0.258 e. The number of morpholine rings is 1. The van der Waals surface area contributed by atoms with Gasteiger partial charge in [0.05, 0.1) is 31.3 Å². The van der Waals surface area contributed by atoms with E-state index in [2.05, 4.69) is 11.0 Å². The molecule has 0 amide bonds. The summed E-state index contributed by atoms with van der Waals surface area (Å²) in [6, 6.07) is 11.4. The molecule has 1 aromatic heterocycles. The second kappa shape index (κ2) is 10.1. The van der Waals surface area contributed by atoms with Crippen LogP contribution in [0.25, 0.3) is 0 Å². The quantitative estimate of drug-likeness (QED) is 0.691. The van der Waals surface area contributed by atoms with Gasteiger partial charge in [0.25, 0.3) is 5.56 Å². The van der Waals surface area contributed by atoms with Gasteiger partial charge in [0.15, 0.2) is 0 Å². The second-order valence-electron chi connectivity index (χ2n) is 8.25. The summed E-state index contributed by atoms with van der Waals surface area (Å²) in [5.74, 6) is 0.589. The first-order valence-corrected chi connectivity index (χ1v) is 11.4. The zero-order valence-electron chi connectivity index (χ0n) is 19.2. The van der Waals surface area contributed by atoms with E-state index in [-0.39, 0.29) is 17.0 Å². The molecule has 1 aromatic carbocycles. The highest BCUT2D eigenvalue weighted by Gasteiger charge is 2.34. The molecule has 2 aliphatic rings. The number of nitriles is 1. The van der Waals surface area contributed by atoms with Gasteiger partial charge in [-0.25, -0.2) is 0 Å². The Morgan fingerprint density at radius 2 is 1.94 bits per heavy atom. The van der Waals surface area contributed by atoms with Gasteiger partial charge in [0, 0.05) is 37.9 Å². The van der Waals surface area contributed by atoms with E-state index in [0.29, 0.717) is 24.5 Å². The number of allylic oxidation sites excluding steroid dienone is 1. The molecular weight excluding hydrogens is 420 g/mol. The Morgan fingerprint density at radius 3 is 2.61 bits per heavy atom. The molecule has 3 heterocycles. The summed E-state index contributed by atoms with van der Waals surface area (Å²) >= 11 is 0. The molecule has 8 heteroatoms. The third-order valence-electron chi connectivity index (χ3n) is 6.17. The van der Waals surface area contributed by atoms with Crippen molar-refractivity contribution in [3.8, 4) is 17.6 Å². The van der Waals surface area contributed by atoms with E-state index in [0.717, 1.165) is 56.3 Å². The zero-order chi connectivity index (χ0) is 23.4. The van der Waals surface area contributed by atoms with E-state index in [4.69, 9.17) is 19.9 Å². The van der Waals surface area contributed by atoms with Crippen LogP contribution >= 0.6 is 0 Å². The molecule has 33 heavy (non-hydrogen) atoms. The minimum absolute atomic E-state index is 0.0350. The Labute approximate surface area is 193 Å². The van der Waals surface area contributed by atoms with Gasteiger partial charge in [0.1, 0.15) is 23.1 Å². The average molecular weight is 451 g/mol. The third-order valence-corrected chi connectivity index (χ3v) is 6.17. The highest BCUT2D eigenvalue weighted by Crippen LogP contribution is 2.40. The van der Waals surface area contributed by atoms with Crippen molar-refractivity contribution in [2.24, 2.45) is 5.73 Å². The molecule has 0 spiro atoms. The number of nitrogens with zero attached hydrogens (tertiary/aromatic N) is 3. The molecule has 1 atom stereocenters. The summed E-state index contributed by atoms with van der Waals surface area (Å²) in [4.78, 5) is 16.0. The lowest BCUT2D eigenvalue weighted by Crippen LogP contribution is -2.38. The van der Waals surface area contributed by atoms with E-state index in [1.807, 2.05) is 44.2 Å². The molecule has 2 aromatic rings. The van der Waals surface area contributed by atoms with Crippen molar-refractivity contribution in [1.82, 2.24) is 9.47 Å². The standard InChI is InChI=1S/C25H30N4O4/c1-3-32-19-7-5-18(6-8-19)22-20(16-26)24(27)33-21-15-17(2)29(25(30)23(21)22)10-4-9-28-11-13-31-14-12-28/h5-8,15,22H,3-4,9-14,27H2,1-2H3. The number of pyridine rings is 1.